The van der Waals surface area contributed by atoms with Crippen molar-refractivity contribution in [2.45, 2.75) is 25.9 Å². The number of nitrogens with zero attached hydrogens (tertiary/aromatic N) is 5. The first-order valence-corrected chi connectivity index (χ1v) is 10.7. The Kier molecular flexibility index (Phi) is 5.67. The minimum atomic E-state index is -0.361. The SMILES string of the molecule is O=c1c2cc3nnn(CCc4cccc(F)c4)c(=O)c3cc2ncn1CCc1cccc(F)c1. The van der Waals surface area contributed by atoms with Crippen LogP contribution in [0.2, 0.25) is 0 Å². The lowest BCUT2D eigenvalue weighted by atomic mass is 10.1. The van der Waals surface area contributed by atoms with Crippen molar-refractivity contribution in [3.8, 4) is 0 Å². The van der Waals surface area contributed by atoms with Gasteiger partial charge in [0.05, 0.1) is 29.2 Å². The van der Waals surface area contributed by atoms with Crippen molar-refractivity contribution in [3.63, 3.8) is 0 Å². The summed E-state index contributed by atoms with van der Waals surface area (Å²) in [5.41, 5.74) is 1.55. The molecule has 9 heteroatoms. The number of rotatable bonds is 6. The zero-order valence-electron chi connectivity index (χ0n) is 18.0. The van der Waals surface area contributed by atoms with E-state index in [1.54, 1.807) is 30.3 Å². The van der Waals surface area contributed by atoms with Crippen molar-refractivity contribution in [2.24, 2.45) is 0 Å². The molecule has 170 valence electrons. The standard InChI is InChI=1S/C25H19F2N5O2/c26-18-5-1-3-16(11-18)7-9-31-15-28-22-13-21-23(14-20(22)24(31)33)29-30-32(25(21)34)10-8-17-4-2-6-19(27)12-17/h1-6,11-15H,7-10H2. The van der Waals surface area contributed by atoms with Gasteiger partial charge in [0.1, 0.15) is 17.2 Å². The number of fused-ring (bicyclic) bond motifs is 2. The van der Waals surface area contributed by atoms with Gasteiger partial charge in [-0.2, -0.15) is 0 Å². The van der Waals surface area contributed by atoms with E-state index in [1.165, 1.54) is 45.9 Å². The Balaban J connectivity index is 1.44. The summed E-state index contributed by atoms with van der Waals surface area (Å²) in [4.78, 5) is 30.3. The fraction of sp³-hybridized carbons (Fsp3) is 0.160. The second-order valence-corrected chi connectivity index (χ2v) is 8.01. The zero-order valence-corrected chi connectivity index (χ0v) is 18.0. The normalized spacial score (nSPS) is 11.4. The second kappa shape index (κ2) is 8.93. The van der Waals surface area contributed by atoms with Gasteiger partial charge in [0, 0.05) is 6.54 Å². The van der Waals surface area contributed by atoms with E-state index in [0.29, 0.717) is 41.2 Å². The number of halogens is 2. The Morgan fingerprint density at radius 2 is 1.35 bits per heavy atom. The smallest absolute Gasteiger partial charge is 0.277 e. The van der Waals surface area contributed by atoms with Crippen LogP contribution in [0.25, 0.3) is 21.8 Å². The van der Waals surface area contributed by atoms with Crippen LogP contribution < -0.4 is 11.1 Å². The highest BCUT2D eigenvalue weighted by Gasteiger charge is 2.12. The summed E-state index contributed by atoms with van der Waals surface area (Å²) < 4.78 is 29.5. The molecule has 0 amide bonds. The third kappa shape index (κ3) is 4.32. The highest BCUT2D eigenvalue weighted by Crippen LogP contribution is 2.15. The van der Waals surface area contributed by atoms with Gasteiger partial charge in [-0.25, -0.2) is 18.4 Å². The number of hydrogen-bond donors (Lipinski definition) is 0. The number of aryl methyl sites for hydroxylation is 4. The predicted octanol–water partition coefficient (Wildman–Crippen LogP) is 3.27. The van der Waals surface area contributed by atoms with Gasteiger partial charge in [-0.1, -0.05) is 29.5 Å². The third-order valence-corrected chi connectivity index (χ3v) is 5.70. The monoisotopic (exact) mass is 459 g/mol. The third-order valence-electron chi connectivity index (χ3n) is 5.70. The Labute approximate surface area is 191 Å². The molecule has 2 heterocycles. The van der Waals surface area contributed by atoms with Gasteiger partial charge in [-0.05, 0) is 60.4 Å². The summed E-state index contributed by atoms with van der Waals surface area (Å²) in [6.07, 6.45) is 2.31. The van der Waals surface area contributed by atoms with Gasteiger partial charge in [0.25, 0.3) is 11.1 Å². The molecule has 0 aliphatic rings. The molecular weight excluding hydrogens is 440 g/mol. The molecule has 34 heavy (non-hydrogen) atoms. The highest BCUT2D eigenvalue weighted by atomic mass is 19.1. The minimum absolute atomic E-state index is 0.234. The average Bonchev–Trinajstić information content (AvgIpc) is 2.83. The van der Waals surface area contributed by atoms with Gasteiger partial charge in [-0.3, -0.25) is 14.2 Å². The van der Waals surface area contributed by atoms with Crippen molar-refractivity contribution in [3.05, 3.63) is 110 Å². The van der Waals surface area contributed by atoms with Crippen molar-refractivity contribution in [1.82, 2.24) is 24.5 Å². The molecular formula is C25H19F2N5O2. The van der Waals surface area contributed by atoms with Gasteiger partial charge >= 0.3 is 0 Å². The molecule has 0 fully saturated rings. The van der Waals surface area contributed by atoms with E-state index < -0.39 is 0 Å². The van der Waals surface area contributed by atoms with E-state index in [4.69, 9.17) is 0 Å². The van der Waals surface area contributed by atoms with Crippen LogP contribution in [0.3, 0.4) is 0 Å². The quantitative estimate of drug-likeness (QED) is 0.364. The Morgan fingerprint density at radius 1 is 0.735 bits per heavy atom. The van der Waals surface area contributed by atoms with E-state index in [0.717, 1.165) is 11.1 Å². The fourth-order valence-corrected chi connectivity index (χ4v) is 3.90. The minimum Gasteiger partial charge on any atom is -0.298 e. The molecule has 0 bridgehead atoms. The molecule has 0 aliphatic carbocycles. The molecule has 0 unspecified atom stereocenters. The van der Waals surface area contributed by atoms with Crippen LogP contribution >= 0.6 is 0 Å². The van der Waals surface area contributed by atoms with E-state index in [9.17, 15) is 18.4 Å². The first kappa shape index (κ1) is 21.6. The van der Waals surface area contributed by atoms with Crippen molar-refractivity contribution in [1.29, 1.82) is 0 Å². The van der Waals surface area contributed by atoms with Crippen LogP contribution in [-0.4, -0.2) is 24.5 Å². The Bertz CT molecular complexity index is 1520. The molecule has 0 saturated carbocycles. The average molecular weight is 459 g/mol. The summed E-state index contributed by atoms with van der Waals surface area (Å²) in [5.74, 6) is -0.665. The van der Waals surface area contributed by atoms with Crippen LogP contribution in [0.15, 0.2) is 76.6 Å². The first-order valence-electron chi connectivity index (χ1n) is 10.7. The Morgan fingerprint density at radius 3 is 2.03 bits per heavy atom. The predicted molar refractivity (Wildman–Crippen MR) is 124 cm³/mol. The molecule has 3 aromatic carbocycles. The lowest BCUT2D eigenvalue weighted by Gasteiger charge is -2.09. The van der Waals surface area contributed by atoms with Gasteiger partial charge in [0.2, 0.25) is 0 Å². The molecule has 0 spiro atoms. The van der Waals surface area contributed by atoms with Gasteiger partial charge in [0.15, 0.2) is 0 Å². The van der Waals surface area contributed by atoms with Crippen molar-refractivity contribution < 1.29 is 8.78 Å². The van der Waals surface area contributed by atoms with E-state index in [1.807, 2.05) is 0 Å². The first-order chi connectivity index (χ1) is 16.5. The molecule has 0 aliphatic heterocycles. The van der Waals surface area contributed by atoms with Gasteiger partial charge < -0.3 is 0 Å². The summed E-state index contributed by atoms with van der Waals surface area (Å²) in [5, 5.41) is 8.72. The maximum atomic E-state index is 13.4. The van der Waals surface area contributed by atoms with Crippen LogP contribution in [0.1, 0.15) is 11.1 Å². The lowest BCUT2D eigenvalue weighted by Crippen LogP contribution is -2.26. The van der Waals surface area contributed by atoms with E-state index in [2.05, 4.69) is 15.3 Å². The largest absolute Gasteiger partial charge is 0.298 e. The molecule has 0 saturated heterocycles. The summed E-state index contributed by atoms with van der Waals surface area (Å²) >= 11 is 0. The topological polar surface area (TPSA) is 82.7 Å². The molecule has 7 nitrogen and oxygen atoms in total. The summed E-state index contributed by atoms with van der Waals surface area (Å²) in [6.45, 7) is 0.564. The number of benzene rings is 3. The van der Waals surface area contributed by atoms with Crippen LogP contribution in [0, 0.1) is 11.6 Å². The van der Waals surface area contributed by atoms with Crippen LogP contribution in [0.4, 0.5) is 8.78 Å². The fourth-order valence-electron chi connectivity index (χ4n) is 3.90. The molecule has 0 N–H and O–H groups in total. The van der Waals surface area contributed by atoms with E-state index >= 15 is 0 Å². The summed E-state index contributed by atoms with van der Waals surface area (Å²) in [6, 6.07) is 15.4. The maximum Gasteiger partial charge on any atom is 0.277 e. The molecule has 0 atom stereocenters. The highest BCUT2D eigenvalue weighted by molar-refractivity contribution is 5.93. The van der Waals surface area contributed by atoms with Crippen molar-refractivity contribution in [2.75, 3.05) is 0 Å². The van der Waals surface area contributed by atoms with Crippen molar-refractivity contribution >= 4 is 21.8 Å². The molecule has 5 rings (SSSR count). The lowest BCUT2D eigenvalue weighted by molar-refractivity contribution is 0.547. The molecule has 5 aromatic rings. The maximum absolute atomic E-state index is 13.4. The second-order valence-electron chi connectivity index (χ2n) is 8.01. The molecule has 0 radical (unpaired) electrons. The van der Waals surface area contributed by atoms with Crippen LogP contribution in [-0.2, 0) is 25.9 Å². The Hall–Kier alpha value is -4.27. The number of aromatic nitrogens is 5. The number of hydrogen-bond acceptors (Lipinski definition) is 5. The van der Waals surface area contributed by atoms with E-state index in [-0.39, 0.29) is 29.3 Å². The zero-order chi connectivity index (χ0) is 23.7. The molecule has 2 aromatic heterocycles. The summed E-state index contributed by atoms with van der Waals surface area (Å²) in [7, 11) is 0. The van der Waals surface area contributed by atoms with Crippen LogP contribution in [0.5, 0.6) is 0 Å². The van der Waals surface area contributed by atoms with Gasteiger partial charge in [-0.15, -0.1) is 5.10 Å².